The number of hydrogen-bond acceptors (Lipinski definition) is 3. The van der Waals surface area contributed by atoms with E-state index in [-0.39, 0.29) is 12.3 Å². The van der Waals surface area contributed by atoms with Gasteiger partial charge in [-0.3, -0.25) is 4.99 Å². The minimum Gasteiger partial charge on any atom is -0.370 e. The van der Waals surface area contributed by atoms with Gasteiger partial charge >= 0.3 is 0 Å². The fourth-order valence-electron chi connectivity index (χ4n) is 1.86. The predicted molar refractivity (Wildman–Crippen MR) is 74.0 cm³/mol. The molecular formula is C11H24N4O2S. The van der Waals surface area contributed by atoms with Crippen LogP contribution in [-0.2, 0) is 10.0 Å². The maximum absolute atomic E-state index is 11.5. The van der Waals surface area contributed by atoms with Crippen LogP contribution >= 0.6 is 0 Å². The molecule has 0 bridgehead atoms. The molecule has 1 aliphatic rings. The third-order valence-electron chi connectivity index (χ3n) is 3.11. The zero-order valence-corrected chi connectivity index (χ0v) is 12.1. The number of likely N-dealkylation sites (tertiary alicyclic amines) is 1. The summed E-state index contributed by atoms with van der Waals surface area (Å²) in [6.45, 7) is 2.08. The Bertz CT molecular complexity index is 371. The van der Waals surface area contributed by atoms with E-state index in [1.54, 1.807) is 0 Å². The number of aliphatic imine (C=N–C) groups is 1. The van der Waals surface area contributed by atoms with Crippen molar-refractivity contribution in [1.29, 1.82) is 0 Å². The van der Waals surface area contributed by atoms with Crippen molar-refractivity contribution < 1.29 is 8.42 Å². The summed E-state index contributed by atoms with van der Waals surface area (Å²) >= 11 is 0. The third kappa shape index (κ3) is 4.81. The van der Waals surface area contributed by atoms with Crippen LogP contribution in [0.15, 0.2) is 4.99 Å². The van der Waals surface area contributed by atoms with Gasteiger partial charge in [-0.1, -0.05) is 12.8 Å². The van der Waals surface area contributed by atoms with E-state index in [1.807, 2.05) is 0 Å². The van der Waals surface area contributed by atoms with Gasteiger partial charge in [0.25, 0.3) is 0 Å². The second-order valence-corrected chi connectivity index (χ2v) is 7.04. The van der Waals surface area contributed by atoms with Gasteiger partial charge in [-0.2, -0.15) is 0 Å². The first-order valence-electron chi connectivity index (χ1n) is 6.38. The highest BCUT2D eigenvalue weighted by Crippen LogP contribution is 2.09. The van der Waals surface area contributed by atoms with Crippen LogP contribution in [-0.4, -0.2) is 63.1 Å². The Hall–Kier alpha value is -0.820. The highest BCUT2D eigenvalue weighted by molar-refractivity contribution is 7.89. The third-order valence-corrected chi connectivity index (χ3v) is 4.92. The standard InChI is InChI=1S/C11H24N4O2S/c1-14(2)18(16,17)10-7-13-11(12)15-8-5-3-4-6-9-15/h3-10H2,1-2H3,(H2,12,13). The summed E-state index contributed by atoms with van der Waals surface area (Å²) in [5.74, 6) is 0.486. The van der Waals surface area contributed by atoms with E-state index < -0.39 is 10.0 Å². The number of nitrogens with zero attached hydrogens (tertiary/aromatic N) is 3. The van der Waals surface area contributed by atoms with Crippen LogP contribution in [0.2, 0.25) is 0 Å². The molecule has 1 heterocycles. The number of nitrogens with two attached hydrogens (primary N) is 1. The van der Waals surface area contributed by atoms with Crippen LogP contribution in [0.5, 0.6) is 0 Å². The van der Waals surface area contributed by atoms with Crippen molar-refractivity contribution in [2.45, 2.75) is 25.7 Å². The Kier molecular flexibility index (Phi) is 5.87. The van der Waals surface area contributed by atoms with Crippen LogP contribution in [0.3, 0.4) is 0 Å². The molecule has 0 aromatic heterocycles. The Balaban J connectivity index is 2.46. The van der Waals surface area contributed by atoms with Crippen LogP contribution in [0.25, 0.3) is 0 Å². The van der Waals surface area contributed by atoms with Crippen molar-refractivity contribution in [3.05, 3.63) is 0 Å². The van der Waals surface area contributed by atoms with Crippen molar-refractivity contribution in [1.82, 2.24) is 9.21 Å². The Labute approximate surface area is 110 Å². The van der Waals surface area contributed by atoms with Gasteiger partial charge in [0, 0.05) is 27.2 Å². The molecule has 2 N–H and O–H groups in total. The minimum atomic E-state index is -3.18. The largest absolute Gasteiger partial charge is 0.370 e. The molecule has 0 atom stereocenters. The molecule has 1 saturated heterocycles. The average molecular weight is 276 g/mol. The van der Waals surface area contributed by atoms with E-state index in [1.165, 1.54) is 31.2 Å². The molecule has 18 heavy (non-hydrogen) atoms. The lowest BCUT2D eigenvalue weighted by Crippen LogP contribution is -2.38. The zero-order valence-electron chi connectivity index (χ0n) is 11.3. The molecule has 6 nitrogen and oxygen atoms in total. The van der Waals surface area contributed by atoms with Crippen LogP contribution in [0.4, 0.5) is 0 Å². The molecule has 0 aromatic rings. The minimum absolute atomic E-state index is 0.00847. The average Bonchev–Trinajstić information content (AvgIpc) is 2.56. The SMILES string of the molecule is CN(C)S(=O)(=O)CCN=C(N)N1CCCCCC1. The number of hydrogen-bond donors (Lipinski definition) is 1. The van der Waals surface area contributed by atoms with Gasteiger partial charge in [-0.05, 0) is 12.8 Å². The molecule has 1 rings (SSSR count). The monoisotopic (exact) mass is 276 g/mol. The summed E-state index contributed by atoms with van der Waals surface area (Å²) < 4.78 is 24.3. The van der Waals surface area contributed by atoms with E-state index in [0.29, 0.717) is 5.96 Å². The quantitative estimate of drug-likeness (QED) is 0.582. The number of rotatable bonds is 4. The summed E-state index contributed by atoms with van der Waals surface area (Å²) in [4.78, 5) is 6.22. The molecular weight excluding hydrogens is 252 g/mol. The van der Waals surface area contributed by atoms with E-state index >= 15 is 0 Å². The first-order valence-corrected chi connectivity index (χ1v) is 7.99. The summed E-state index contributed by atoms with van der Waals surface area (Å²) in [6, 6.07) is 0. The maximum atomic E-state index is 11.5. The molecule has 1 fully saturated rings. The molecule has 106 valence electrons. The van der Waals surface area contributed by atoms with Crippen molar-refractivity contribution >= 4 is 16.0 Å². The second kappa shape index (κ2) is 6.94. The van der Waals surface area contributed by atoms with Crippen molar-refractivity contribution in [2.24, 2.45) is 10.7 Å². The van der Waals surface area contributed by atoms with E-state index in [4.69, 9.17) is 5.73 Å². The fraction of sp³-hybridized carbons (Fsp3) is 0.909. The molecule has 7 heteroatoms. The summed E-state index contributed by atoms with van der Waals surface area (Å²) in [6.07, 6.45) is 4.73. The molecule has 0 saturated carbocycles. The van der Waals surface area contributed by atoms with E-state index in [0.717, 1.165) is 25.9 Å². The van der Waals surface area contributed by atoms with Gasteiger partial charge in [-0.25, -0.2) is 12.7 Å². The lowest BCUT2D eigenvalue weighted by atomic mass is 10.2. The number of sulfonamides is 1. The Morgan fingerprint density at radius 2 is 1.78 bits per heavy atom. The van der Waals surface area contributed by atoms with Gasteiger partial charge in [0.05, 0.1) is 12.3 Å². The summed E-state index contributed by atoms with van der Waals surface area (Å²) in [5.41, 5.74) is 5.89. The summed E-state index contributed by atoms with van der Waals surface area (Å²) in [5, 5.41) is 0. The van der Waals surface area contributed by atoms with Crippen LogP contribution < -0.4 is 5.73 Å². The highest BCUT2D eigenvalue weighted by atomic mass is 32.2. The lowest BCUT2D eigenvalue weighted by molar-refractivity contribution is 0.429. The zero-order chi connectivity index (χ0) is 13.6. The topological polar surface area (TPSA) is 79.0 Å². The number of guanidine groups is 1. The van der Waals surface area contributed by atoms with Crippen molar-refractivity contribution in [3.8, 4) is 0 Å². The lowest BCUT2D eigenvalue weighted by Gasteiger charge is -2.21. The fourth-order valence-corrected chi connectivity index (χ4v) is 2.55. The van der Waals surface area contributed by atoms with Gasteiger partial charge in [0.15, 0.2) is 5.96 Å². The molecule has 0 aliphatic carbocycles. The molecule has 0 amide bonds. The molecule has 0 radical (unpaired) electrons. The first kappa shape index (κ1) is 15.2. The summed E-state index contributed by atoms with van der Waals surface area (Å²) in [7, 11) is -0.130. The molecule has 0 aromatic carbocycles. The highest BCUT2D eigenvalue weighted by Gasteiger charge is 2.14. The maximum Gasteiger partial charge on any atom is 0.215 e. The Morgan fingerprint density at radius 1 is 1.22 bits per heavy atom. The van der Waals surface area contributed by atoms with E-state index in [9.17, 15) is 8.42 Å². The first-order chi connectivity index (χ1) is 8.43. The van der Waals surface area contributed by atoms with E-state index in [2.05, 4.69) is 9.89 Å². The van der Waals surface area contributed by atoms with Crippen LogP contribution in [0.1, 0.15) is 25.7 Å². The normalized spacial score (nSPS) is 19.1. The molecule has 1 aliphatic heterocycles. The van der Waals surface area contributed by atoms with Gasteiger partial charge in [0.1, 0.15) is 0 Å². The van der Waals surface area contributed by atoms with Gasteiger partial charge in [-0.15, -0.1) is 0 Å². The van der Waals surface area contributed by atoms with Crippen molar-refractivity contribution in [3.63, 3.8) is 0 Å². The second-order valence-electron chi connectivity index (χ2n) is 4.74. The molecule has 0 unspecified atom stereocenters. The smallest absolute Gasteiger partial charge is 0.215 e. The van der Waals surface area contributed by atoms with Gasteiger partial charge < -0.3 is 10.6 Å². The van der Waals surface area contributed by atoms with Crippen LogP contribution in [0, 0.1) is 0 Å². The predicted octanol–water partition coefficient (Wildman–Crippen LogP) is 0.0685. The Morgan fingerprint density at radius 3 is 2.28 bits per heavy atom. The van der Waals surface area contributed by atoms with Crippen molar-refractivity contribution in [2.75, 3.05) is 39.5 Å². The van der Waals surface area contributed by atoms with Gasteiger partial charge in [0.2, 0.25) is 10.0 Å². The molecule has 0 spiro atoms.